The second-order valence-corrected chi connectivity index (χ2v) is 4.92. The Hall–Kier alpha value is -1.73. The lowest BCUT2D eigenvalue weighted by Gasteiger charge is -2.34. The summed E-state index contributed by atoms with van der Waals surface area (Å²) in [6.45, 7) is 4.35. The Morgan fingerprint density at radius 1 is 1.50 bits per heavy atom. The van der Waals surface area contributed by atoms with Gasteiger partial charge in [0.2, 0.25) is 0 Å². The predicted molar refractivity (Wildman–Crippen MR) is 71.7 cm³/mol. The van der Waals surface area contributed by atoms with Crippen LogP contribution in [0.25, 0.3) is 0 Å². The molecule has 0 bridgehead atoms. The number of carbonyl (C=O) groups excluding carboxylic acids is 1. The lowest BCUT2D eigenvalue weighted by Crippen LogP contribution is -2.52. The summed E-state index contributed by atoms with van der Waals surface area (Å²) >= 11 is 0. The van der Waals surface area contributed by atoms with Crippen molar-refractivity contribution in [3.8, 4) is 0 Å². The van der Waals surface area contributed by atoms with Gasteiger partial charge in [-0.05, 0) is 19.4 Å². The number of rotatable bonds is 2. The molecule has 1 fully saturated rings. The van der Waals surface area contributed by atoms with Crippen molar-refractivity contribution in [2.75, 3.05) is 26.4 Å². The van der Waals surface area contributed by atoms with Gasteiger partial charge >= 0.3 is 0 Å². The van der Waals surface area contributed by atoms with Gasteiger partial charge in [0.25, 0.3) is 11.5 Å². The second-order valence-electron chi connectivity index (χ2n) is 4.92. The SMILES string of the molecule is Cc1nn(C)c(=O)c(C(=O)N2CCOCC2CO)c1C. The van der Waals surface area contributed by atoms with Crippen molar-refractivity contribution in [3.05, 3.63) is 27.2 Å². The van der Waals surface area contributed by atoms with E-state index in [-0.39, 0.29) is 24.7 Å². The van der Waals surface area contributed by atoms with Crippen LogP contribution in [0.15, 0.2) is 4.79 Å². The zero-order valence-corrected chi connectivity index (χ0v) is 11.9. The average molecular weight is 281 g/mol. The van der Waals surface area contributed by atoms with Crippen molar-refractivity contribution < 1.29 is 14.6 Å². The number of hydrogen-bond acceptors (Lipinski definition) is 5. The monoisotopic (exact) mass is 281 g/mol. The molecular formula is C13H19N3O4. The molecule has 20 heavy (non-hydrogen) atoms. The van der Waals surface area contributed by atoms with E-state index in [2.05, 4.69) is 5.10 Å². The Balaban J connectivity index is 2.45. The Labute approximate surface area is 116 Å². The minimum atomic E-state index is -0.415. The molecule has 1 saturated heterocycles. The maximum Gasteiger partial charge on any atom is 0.279 e. The molecule has 1 aromatic rings. The zero-order chi connectivity index (χ0) is 14.9. The highest BCUT2D eigenvalue weighted by molar-refractivity contribution is 5.95. The molecule has 1 N–H and O–H groups in total. The second kappa shape index (κ2) is 5.72. The molecule has 2 heterocycles. The molecule has 0 aromatic carbocycles. The number of carbonyl (C=O) groups is 1. The molecule has 2 rings (SSSR count). The zero-order valence-electron chi connectivity index (χ0n) is 11.9. The topological polar surface area (TPSA) is 84.7 Å². The van der Waals surface area contributed by atoms with Crippen LogP contribution in [0.4, 0.5) is 0 Å². The number of aromatic nitrogens is 2. The summed E-state index contributed by atoms with van der Waals surface area (Å²) in [6, 6.07) is -0.408. The van der Waals surface area contributed by atoms with Gasteiger partial charge < -0.3 is 14.7 Å². The van der Waals surface area contributed by atoms with Gasteiger partial charge in [-0.3, -0.25) is 9.59 Å². The number of hydrogen-bond donors (Lipinski definition) is 1. The molecule has 7 heteroatoms. The van der Waals surface area contributed by atoms with Crippen molar-refractivity contribution in [2.45, 2.75) is 19.9 Å². The summed E-state index contributed by atoms with van der Waals surface area (Å²) in [5.74, 6) is -0.365. The fourth-order valence-electron chi connectivity index (χ4n) is 2.32. The molecule has 0 aliphatic carbocycles. The minimum Gasteiger partial charge on any atom is -0.394 e. The number of morpholine rings is 1. The minimum absolute atomic E-state index is 0.125. The fourth-order valence-corrected chi connectivity index (χ4v) is 2.32. The Morgan fingerprint density at radius 3 is 2.85 bits per heavy atom. The van der Waals surface area contributed by atoms with E-state index in [1.165, 1.54) is 16.6 Å². The van der Waals surface area contributed by atoms with Gasteiger partial charge in [-0.15, -0.1) is 0 Å². The first kappa shape index (κ1) is 14.7. The van der Waals surface area contributed by atoms with E-state index in [9.17, 15) is 14.7 Å². The van der Waals surface area contributed by atoms with Crippen molar-refractivity contribution in [1.29, 1.82) is 0 Å². The third-order valence-electron chi connectivity index (χ3n) is 3.64. The van der Waals surface area contributed by atoms with Crippen molar-refractivity contribution >= 4 is 5.91 Å². The van der Waals surface area contributed by atoms with E-state index in [4.69, 9.17) is 4.74 Å². The molecule has 0 saturated carbocycles. The summed E-state index contributed by atoms with van der Waals surface area (Å²) in [4.78, 5) is 26.3. The van der Waals surface area contributed by atoms with Crippen LogP contribution in [-0.4, -0.2) is 58.1 Å². The fraction of sp³-hybridized carbons (Fsp3) is 0.615. The summed E-state index contributed by atoms with van der Waals surface area (Å²) < 4.78 is 6.42. The van der Waals surface area contributed by atoms with Crippen LogP contribution < -0.4 is 5.56 Å². The van der Waals surface area contributed by atoms with Crippen molar-refractivity contribution in [3.63, 3.8) is 0 Å². The number of nitrogens with zero attached hydrogens (tertiary/aromatic N) is 3. The van der Waals surface area contributed by atoms with E-state index in [0.29, 0.717) is 24.4 Å². The molecular weight excluding hydrogens is 262 g/mol. The van der Waals surface area contributed by atoms with E-state index >= 15 is 0 Å². The molecule has 110 valence electrons. The molecule has 1 aromatic heterocycles. The number of aryl methyl sites for hydroxylation is 2. The highest BCUT2D eigenvalue weighted by Gasteiger charge is 2.30. The largest absolute Gasteiger partial charge is 0.394 e. The molecule has 0 spiro atoms. The maximum atomic E-state index is 12.6. The predicted octanol–water partition coefficient (Wildman–Crippen LogP) is -0.770. The summed E-state index contributed by atoms with van der Waals surface area (Å²) in [7, 11) is 1.52. The highest BCUT2D eigenvalue weighted by atomic mass is 16.5. The Morgan fingerprint density at radius 2 is 2.20 bits per heavy atom. The van der Waals surface area contributed by atoms with Crippen LogP contribution in [-0.2, 0) is 11.8 Å². The van der Waals surface area contributed by atoms with Crippen molar-refractivity contribution in [1.82, 2.24) is 14.7 Å². The third-order valence-corrected chi connectivity index (χ3v) is 3.64. The molecule has 1 unspecified atom stereocenters. The van der Waals surface area contributed by atoms with E-state index < -0.39 is 11.6 Å². The van der Waals surface area contributed by atoms with Crippen LogP contribution in [0.2, 0.25) is 0 Å². The van der Waals surface area contributed by atoms with Gasteiger partial charge in [0, 0.05) is 13.6 Å². The number of aliphatic hydroxyl groups excluding tert-OH is 1. The van der Waals surface area contributed by atoms with Crippen LogP contribution in [0.5, 0.6) is 0 Å². The highest BCUT2D eigenvalue weighted by Crippen LogP contribution is 2.14. The lowest BCUT2D eigenvalue weighted by atomic mass is 10.1. The van der Waals surface area contributed by atoms with Gasteiger partial charge in [-0.1, -0.05) is 0 Å². The third kappa shape index (κ3) is 2.46. The smallest absolute Gasteiger partial charge is 0.279 e. The quantitative estimate of drug-likeness (QED) is 0.769. The van der Waals surface area contributed by atoms with Crippen LogP contribution in [0.1, 0.15) is 21.6 Å². The van der Waals surface area contributed by atoms with Crippen molar-refractivity contribution in [2.24, 2.45) is 7.05 Å². The Kier molecular flexibility index (Phi) is 4.20. The molecule has 1 atom stereocenters. The van der Waals surface area contributed by atoms with Crippen LogP contribution >= 0.6 is 0 Å². The number of aliphatic hydroxyl groups is 1. The average Bonchev–Trinajstić information content (AvgIpc) is 2.45. The van der Waals surface area contributed by atoms with Gasteiger partial charge in [-0.2, -0.15) is 5.10 Å². The van der Waals surface area contributed by atoms with Gasteiger partial charge in [-0.25, -0.2) is 4.68 Å². The normalized spacial score (nSPS) is 19.2. The van der Waals surface area contributed by atoms with Crippen LogP contribution in [0.3, 0.4) is 0 Å². The Bertz CT molecular complexity index is 582. The first-order valence-electron chi connectivity index (χ1n) is 6.51. The van der Waals surface area contributed by atoms with Crippen LogP contribution in [0, 0.1) is 13.8 Å². The standard InChI is InChI=1S/C13H19N3O4/c1-8-9(2)14-15(3)12(18)11(8)13(19)16-4-5-20-7-10(16)6-17/h10,17H,4-7H2,1-3H3. The maximum absolute atomic E-state index is 12.6. The van der Waals surface area contributed by atoms with E-state index in [1.54, 1.807) is 13.8 Å². The molecule has 1 aliphatic rings. The molecule has 1 amide bonds. The number of amides is 1. The first-order valence-corrected chi connectivity index (χ1v) is 6.51. The molecule has 7 nitrogen and oxygen atoms in total. The summed E-state index contributed by atoms with van der Waals surface area (Å²) in [6.07, 6.45) is 0. The lowest BCUT2D eigenvalue weighted by molar-refractivity contribution is -0.0185. The summed E-state index contributed by atoms with van der Waals surface area (Å²) in [5.41, 5.74) is 0.937. The molecule has 1 aliphatic heterocycles. The molecule has 0 radical (unpaired) electrons. The van der Waals surface area contributed by atoms with E-state index in [0.717, 1.165) is 0 Å². The van der Waals surface area contributed by atoms with Gasteiger partial charge in [0.05, 0.1) is 31.6 Å². The van der Waals surface area contributed by atoms with E-state index in [1.807, 2.05) is 0 Å². The van der Waals surface area contributed by atoms with Gasteiger partial charge in [0.15, 0.2) is 0 Å². The number of ether oxygens (including phenoxy) is 1. The van der Waals surface area contributed by atoms with Gasteiger partial charge in [0.1, 0.15) is 5.56 Å². The summed E-state index contributed by atoms with van der Waals surface area (Å²) in [5, 5.41) is 13.4. The first-order chi connectivity index (χ1) is 9.47.